The van der Waals surface area contributed by atoms with Gasteiger partial charge in [-0.1, -0.05) is 24.3 Å². The molecule has 1 nitrogen and oxygen atoms in total. The summed E-state index contributed by atoms with van der Waals surface area (Å²) in [5, 5.41) is 2.95. The minimum Gasteiger partial charge on any atom is -0.309 e. The molecular formula is C14H11Br2F2N. The van der Waals surface area contributed by atoms with Gasteiger partial charge in [0.25, 0.3) is 0 Å². The number of benzene rings is 2. The fourth-order valence-corrected chi connectivity index (χ4v) is 2.73. The van der Waals surface area contributed by atoms with Crippen molar-refractivity contribution in [3.05, 3.63) is 68.1 Å². The maximum atomic E-state index is 14.1. The zero-order valence-electron chi connectivity index (χ0n) is 10.1. The molecule has 0 fully saturated rings. The molecule has 0 spiro atoms. The molecule has 1 N–H and O–H groups in total. The van der Waals surface area contributed by atoms with Crippen LogP contribution in [0.25, 0.3) is 0 Å². The molecule has 0 aromatic heterocycles. The molecule has 2 aromatic carbocycles. The van der Waals surface area contributed by atoms with Crippen LogP contribution in [-0.2, 0) is 0 Å². The van der Waals surface area contributed by atoms with Gasteiger partial charge in [-0.3, -0.25) is 0 Å². The van der Waals surface area contributed by atoms with E-state index in [2.05, 4.69) is 37.2 Å². The zero-order chi connectivity index (χ0) is 14.0. The summed E-state index contributed by atoms with van der Waals surface area (Å²) in [5.41, 5.74) is 0.794. The second kappa shape index (κ2) is 6.11. The predicted molar refractivity (Wildman–Crippen MR) is 79.1 cm³/mol. The van der Waals surface area contributed by atoms with Crippen LogP contribution in [0.5, 0.6) is 0 Å². The third-order valence-corrected chi connectivity index (χ3v) is 4.10. The summed E-state index contributed by atoms with van der Waals surface area (Å²) in [6, 6.07) is 9.41. The molecule has 2 rings (SSSR count). The first-order valence-corrected chi connectivity index (χ1v) is 7.20. The lowest BCUT2D eigenvalue weighted by Crippen LogP contribution is -2.20. The highest BCUT2D eigenvalue weighted by Crippen LogP contribution is 2.31. The quantitative estimate of drug-likeness (QED) is 0.793. The Kier molecular flexibility index (Phi) is 4.71. The molecule has 0 bridgehead atoms. The maximum absolute atomic E-state index is 14.1. The summed E-state index contributed by atoms with van der Waals surface area (Å²) in [7, 11) is 1.67. The van der Waals surface area contributed by atoms with Crippen molar-refractivity contribution in [2.24, 2.45) is 0 Å². The fraction of sp³-hybridized carbons (Fsp3) is 0.143. The van der Waals surface area contributed by atoms with Gasteiger partial charge in [-0.2, -0.15) is 0 Å². The molecule has 0 aliphatic carbocycles. The Balaban J connectivity index is 2.57. The number of hydrogen-bond donors (Lipinski definition) is 1. The smallest absolute Gasteiger partial charge is 0.142 e. The van der Waals surface area contributed by atoms with Crippen molar-refractivity contribution in [2.45, 2.75) is 6.04 Å². The molecule has 0 heterocycles. The standard InChI is InChI=1S/C14H11Br2F2N/c1-19-14(8-4-2-6-10(15)12(8)17)9-5-3-7-11(16)13(9)18/h2-7,14,19H,1H3. The van der Waals surface area contributed by atoms with E-state index in [9.17, 15) is 8.78 Å². The fourth-order valence-electron chi connectivity index (χ4n) is 1.97. The van der Waals surface area contributed by atoms with Crippen LogP contribution < -0.4 is 5.32 Å². The molecule has 2 aromatic rings. The minimum atomic E-state index is -0.546. The number of nitrogens with one attached hydrogen (secondary N) is 1. The van der Waals surface area contributed by atoms with Crippen LogP contribution in [0.3, 0.4) is 0 Å². The molecule has 0 amide bonds. The Labute approximate surface area is 127 Å². The second-order valence-corrected chi connectivity index (χ2v) is 5.72. The first-order chi connectivity index (χ1) is 9.06. The van der Waals surface area contributed by atoms with Gasteiger partial charge in [0.1, 0.15) is 11.6 Å². The first kappa shape index (κ1) is 14.6. The van der Waals surface area contributed by atoms with Gasteiger partial charge in [0, 0.05) is 11.1 Å². The summed E-state index contributed by atoms with van der Waals surface area (Å²) >= 11 is 6.29. The Bertz CT molecular complexity index is 550. The van der Waals surface area contributed by atoms with Gasteiger partial charge >= 0.3 is 0 Å². The predicted octanol–water partition coefficient (Wildman–Crippen LogP) is 4.80. The molecule has 100 valence electrons. The lowest BCUT2D eigenvalue weighted by atomic mass is 9.98. The highest BCUT2D eigenvalue weighted by Gasteiger charge is 2.21. The van der Waals surface area contributed by atoms with Crippen molar-refractivity contribution in [1.82, 2.24) is 5.32 Å². The average Bonchev–Trinajstić information content (AvgIpc) is 2.40. The lowest BCUT2D eigenvalue weighted by molar-refractivity contribution is 0.542. The lowest BCUT2D eigenvalue weighted by Gasteiger charge is -2.19. The number of hydrogen-bond acceptors (Lipinski definition) is 1. The normalized spacial score (nSPS) is 11.1. The van der Waals surface area contributed by atoms with Crippen molar-refractivity contribution in [3.63, 3.8) is 0 Å². The molecule has 0 atom stereocenters. The van der Waals surface area contributed by atoms with Gasteiger partial charge in [-0.25, -0.2) is 8.78 Å². The van der Waals surface area contributed by atoms with E-state index in [1.807, 2.05) is 0 Å². The van der Waals surface area contributed by atoms with Crippen LogP contribution in [-0.4, -0.2) is 7.05 Å². The largest absolute Gasteiger partial charge is 0.309 e. The minimum absolute atomic E-state index is 0.362. The number of rotatable bonds is 3. The van der Waals surface area contributed by atoms with E-state index >= 15 is 0 Å². The molecule has 0 aliphatic rings. The molecule has 0 saturated heterocycles. The van der Waals surface area contributed by atoms with Crippen LogP contribution in [0.4, 0.5) is 8.78 Å². The van der Waals surface area contributed by atoms with E-state index in [0.29, 0.717) is 20.1 Å². The summed E-state index contributed by atoms with van der Waals surface area (Å²) in [6.45, 7) is 0. The van der Waals surface area contributed by atoms with Crippen molar-refractivity contribution in [1.29, 1.82) is 0 Å². The summed E-state index contributed by atoms with van der Waals surface area (Å²) in [4.78, 5) is 0. The van der Waals surface area contributed by atoms with Crippen LogP contribution >= 0.6 is 31.9 Å². The highest BCUT2D eigenvalue weighted by molar-refractivity contribution is 9.10. The topological polar surface area (TPSA) is 12.0 Å². The molecule has 0 radical (unpaired) electrons. The summed E-state index contributed by atoms with van der Waals surface area (Å²) < 4.78 is 29.0. The van der Waals surface area contributed by atoms with Gasteiger partial charge in [0.2, 0.25) is 0 Å². The van der Waals surface area contributed by atoms with Crippen LogP contribution in [0, 0.1) is 11.6 Å². The second-order valence-electron chi connectivity index (χ2n) is 4.01. The van der Waals surface area contributed by atoms with E-state index in [0.717, 1.165) is 0 Å². The average molecular weight is 391 g/mol. The molecule has 0 unspecified atom stereocenters. The van der Waals surface area contributed by atoms with Gasteiger partial charge in [-0.15, -0.1) is 0 Å². The zero-order valence-corrected chi connectivity index (χ0v) is 13.2. The van der Waals surface area contributed by atoms with Crippen LogP contribution in [0.2, 0.25) is 0 Å². The van der Waals surface area contributed by atoms with E-state index in [1.165, 1.54) is 0 Å². The Morgan fingerprint density at radius 1 is 0.895 bits per heavy atom. The van der Waals surface area contributed by atoms with E-state index in [4.69, 9.17) is 0 Å². The van der Waals surface area contributed by atoms with Gasteiger partial charge in [0.15, 0.2) is 0 Å². The molecule has 0 aliphatic heterocycles. The van der Waals surface area contributed by atoms with Crippen molar-refractivity contribution in [3.8, 4) is 0 Å². The van der Waals surface area contributed by atoms with E-state index < -0.39 is 6.04 Å². The Hall–Kier alpha value is -0.780. The molecule has 0 saturated carbocycles. The number of halogens is 4. The third kappa shape index (κ3) is 2.88. The monoisotopic (exact) mass is 389 g/mol. The summed E-state index contributed by atoms with van der Waals surface area (Å²) in [6.07, 6.45) is 0. The Morgan fingerprint density at radius 3 is 1.68 bits per heavy atom. The molecular weight excluding hydrogens is 380 g/mol. The van der Waals surface area contributed by atoms with Crippen molar-refractivity contribution in [2.75, 3.05) is 7.05 Å². The third-order valence-electron chi connectivity index (χ3n) is 2.87. The van der Waals surface area contributed by atoms with E-state index in [-0.39, 0.29) is 11.6 Å². The van der Waals surface area contributed by atoms with Gasteiger partial charge in [-0.05, 0) is 51.0 Å². The van der Waals surface area contributed by atoms with Crippen LogP contribution in [0.15, 0.2) is 45.3 Å². The molecule has 5 heteroatoms. The van der Waals surface area contributed by atoms with E-state index in [1.54, 1.807) is 43.4 Å². The maximum Gasteiger partial charge on any atom is 0.142 e. The van der Waals surface area contributed by atoms with Crippen molar-refractivity contribution >= 4 is 31.9 Å². The van der Waals surface area contributed by atoms with Gasteiger partial charge in [0.05, 0.1) is 15.0 Å². The first-order valence-electron chi connectivity index (χ1n) is 5.61. The van der Waals surface area contributed by atoms with Crippen LogP contribution in [0.1, 0.15) is 17.2 Å². The van der Waals surface area contributed by atoms with Crippen molar-refractivity contribution < 1.29 is 8.78 Å². The van der Waals surface area contributed by atoms with Gasteiger partial charge < -0.3 is 5.32 Å². The highest BCUT2D eigenvalue weighted by atomic mass is 79.9. The molecule has 19 heavy (non-hydrogen) atoms. The SMILES string of the molecule is CNC(c1cccc(Br)c1F)c1cccc(Br)c1F. The Morgan fingerprint density at radius 2 is 1.32 bits per heavy atom. The summed E-state index contributed by atoms with van der Waals surface area (Å²) in [5.74, 6) is -0.776.